The summed E-state index contributed by atoms with van der Waals surface area (Å²) in [5.41, 5.74) is 1.55. The topological polar surface area (TPSA) is 62.3 Å². The van der Waals surface area contributed by atoms with Crippen molar-refractivity contribution in [1.29, 1.82) is 0 Å². The van der Waals surface area contributed by atoms with Crippen LogP contribution in [-0.2, 0) is 17.4 Å². The lowest BCUT2D eigenvalue weighted by molar-refractivity contribution is -0.137. The highest BCUT2D eigenvalue weighted by Crippen LogP contribution is 2.31. The smallest absolute Gasteiger partial charge is 0.273 e. The van der Waals surface area contributed by atoms with Gasteiger partial charge in [0.25, 0.3) is 5.91 Å². The first-order valence-electron chi connectivity index (χ1n) is 7.12. The minimum Gasteiger partial charge on any atom is -0.273 e. The summed E-state index contributed by atoms with van der Waals surface area (Å²) in [7, 11) is 1.33. The molecule has 1 aromatic heterocycles. The predicted molar refractivity (Wildman–Crippen MR) is 89.6 cm³/mol. The number of carbonyl (C=O) groups excluding carboxylic acids is 2. The van der Waals surface area contributed by atoms with Crippen molar-refractivity contribution in [2.24, 2.45) is 0 Å². The van der Waals surface area contributed by atoms with Crippen LogP contribution in [0.3, 0.4) is 0 Å². The molecule has 0 saturated carbocycles. The van der Waals surface area contributed by atoms with Crippen molar-refractivity contribution in [2.45, 2.75) is 12.6 Å². The summed E-state index contributed by atoms with van der Waals surface area (Å²) in [5.74, 6) is -1.16. The average molecular weight is 406 g/mol. The van der Waals surface area contributed by atoms with Crippen molar-refractivity contribution in [3.05, 3.63) is 63.4 Å². The molecule has 0 atom stereocenters. The van der Waals surface area contributed by atoms with Crippen molar-refractivity contribution in [3.63, 3.8) is 0 Å². The molecule has 0 aliphatic carbocycles. The second-order valence-electron chi connectivity index (χ2n) is 5.23. The van der Waals surface area contributed by atoms with E-state index in [1.54, 1.807) is 0 Å². The minimum absolute atomic E-state index is 0.0375. The summed E-state index contributed by atoms with van der Waals surface area (Å²) >= 11 is 11.5. The highest BCUT2D eigenvalue weighted by Gasteiger charge is 2.31. The van der Waals surface area contributed by atoms with Crippen LogP contribution in [0.4, 0.5) is 13.2 Å². The molecule has 10 heteroatoms. The van der Waals surface area contributed by atoms with Gasteiger partial charge < -0.3 is 0 Å². The van der Waals surface area contributed by atoms with Crippen LogP contribution in [-0.4, -0.2) is 28.9 Å². The lowest BCUT2D eigenvalue weighted by Crippen LogP contribution is -2.44. The largest absolute Gasteiger partial charge is 0.417 e. The molecular weight excluding hydrogens is 394 g/mol. The normalized spacial score (nSPS) is 11.2. The van der Waals surface area contributed by atoms with Gasteiger partial charge in [-0.3, -0.25) is 25.0 Å². The number of rotatable bonds is 3. The van der Waals surface area contributed by atoms with E-state index in [1.807, 2.05) is 0 Å². The molecule has 5 nitrogen and oxygen atoms in total. The fourth-order valence-corrected chi connectivity index (χ4v) is 2.33. The number of benzene rings is 1. The van der Waals surface area contributed by atoms with Gasteiger partial charge in [0.2, 0.25) is 5.91 Å². The summed E-state index contributed by atoms with van der Waals surface area (Å²) in [5, 5.41) is 1.11. The van der Waals surface area contributed by atoms with Crippen LogP contribution < -0.4 is 5.43 Å². The third kappa shape index (κ3) is 5.09. The maximum absolute atomic E-state index is 12.6. The summed E-state index contributed by atoms with van der Waals surface area (Å²) in [6.07, 6.45) is -4.38. The molecule has 2 aromatic rings. The Morgan fingerprint density at radius 3 is 2.35 bits per heavy atom. The van der Waals surface area contributed by atoms with Gasteiger partial charge in [-0.15, -0.1) is 0 Å². The van der Waals surface area contributed by atoms with Crippen LogP contribution in [0.2, 0.25) is 10.0 Å². The lowest BCUT2D eigenvalue weighted by Gasteiger charge is -2.18. The second kappa shape index (κ2) is 7.92. The molecule has 0 spiro atoms. The van der Waals surface area contributed by atoms with Crippen LogP contribution in [0.1, 0.15) is 21.6 Å². The monoisotopic (exact) mass is 405 g/mol. The Hall–Kier alpha value is -2.32. The summed E-state index contributed by atoms with van der Waals surface area (Å²) < 4.78 is 37.7. The van der Waals surface area contributed by atoms with Gasteiger partial charge in [-0.2, -0.15) is 13.2 Å². The van der Waals surface area contributed by atoms with Crippen molar-refractivity contribution in [2.75, 3.05) is 7.05 Å². The third-order valence-corrected chi connectivity index (χ3v) is 3.84. The highest BCUT2D eigenvalue weighted by atomic mass is 35.5. The van der Waals surface area contributed by atoms with Crippen molar-refractivity contribution in [1.82, 2.24) is 15.4 Å². The summed E-state index contributed by atoms with van der Waals surface area (Å²) in [6, 6.07) is 6.72. The van der Waals surface area contributed by atoms with Crippen LogP contribution in [0.15, 0.2) is 36.5 Å². The Balaban J connectivity index is 2.02. The molecule has 1 aromatic carbocycles. The Morgan fingerprint density at radius 1 is 1.19 bits per heavy atom. The average Bonchev–Trinajstić information content (AvgIpc) is 2.55. The zero-order valence-corrected chi connectivity index (χ0v) is 14.8. The van der Waals surface area contributed by atoms with Crippen molar-refractivity contribution in [3.8, 4) is 0 Å². The number of pyridine rings is 1. The summed E-state index contributed by atoms with van der Waals surface area (Å²) in [6.45, 7) is 0. The van der Waals surface area contributed by atoms with Gasteiger partial charge in [0.1, 0.15) is 0 Å². The van der Waals surface area contributed by atoms with Gasteiger partial charge in [-0.25, -0.2) is 0 Å². The molecule has 1 N–H and O–H groups in total. The van der Waals surface area contributed by atoms with Gasteiger partial charge in [0, 0.05) is 23.8 Å². The number of hydrogen-bond acceptors (Lipinski definition) is 3. The van der Waals surface area contributed by atoms with Gasteiger partial charge >= 0.3 is 6.18 Å². The maximum atomic E-state index is 12.6. The maximum Gasteiger partial charge on any atom is 0.417 e. The second-order valence-corrected chi connectivity index (χ2v) is 6.08. The lowest BCUT2D eigenvalue weighted by atomic mass is 10.2. The number of alkyl halides is 3. The molecular formula is C16H12Cl2F3N3O2. The number of nitrogens with zero attached hydrogens (tertiary/aromatic N) is 2. The third-order valence-electron chi connectivity index (χ3n) is 3.26. The van der Waals surface area contributed by atoms with Crippen molar-refractivity contribution < 1.29 is 22.8 Å². The fourth-order valence-electron chi connectivity index (χ4n) is 1.97. The SMILES string of the molecule is CN(NC(=O)Cc1ncc(C(F)(F)F)cc1Cl)C(=O)c1ccc(Cl)cc1. The zero-order chi connectivity index (χ0) is 19.5. The molecule has 0 saturated heterocycles. The first-order chi connectivity index (χ1) is 12.1. The molecule has 138 valence electrons. The standard InChI is InChI=1S/C16H12Cl2F3N3O2/c1-24(15(26)9-2-4-11(17)5-3-9)23-14(25)7-13-12(18)6-10(8-22-13)16(19,20)21/h2-6,8H,7H2,1H3,(H,23,25). The van der Waals surface area contributed by atoms with E-state index in [-0.39, 0.29) is 10.7 Å². The molecule has 0 unspecified atom stereocenters. The van der Waals surface area contributed by atoms with E-state index < -0.39 is 30.0 Å². The number of carbonyl (C=O) groups is 2. The number of amides is 2. The van der Waals surface area contributed by atoms with E-state index >= 15 is 0 Å². The molecule has 26 heavy (non-hydrogen) atoms. The Bertz CT molecular complexity index is 826. The van der Waals surface area contributed by atoms with Crippen LogP contribution >= 0.6 is 23.2 Å². The zero-order valence-electron chi connectivity index (χ0n) is 13.3. The first-order valence-corrected chi connectivity index (χ1v) is 7.88. The van der Waals surface area contributed by atoms with Crippen molar-refractivity contribution >= 4 is 35.0 Å². The van der Waals surface area contributed by atoms with E-state index in [9.17, 15) is 22.8 Å². The number of nitrogens with one attached hydrogen (secondary N) is 1. The number of hydrogen-bond donors (Lipinski definition) is 1. The molecule has 0 bridgehead atoms. The Kier molecular flexibility index (Phi) is 6.09. The molecule has 2 rings (SSSR count). The van der Waals surface area contributed by atoms with Gasteiger partial charge in [0.15, 0.2) is 0 Å². The minimum atomic E-state index is -4.58. The van der Waals surface area contributed by atoms with E-state index in [4.69, 9.17) is 23.2 Å². The molecule has 0 radical (unpaired) electrons. The van der Waals surface area contributed by atoms with E-state index in [0.29, 0.717) is 22.8 Å². The first kappa shape index (κ1) is 20.0. The van der Waals surface area contributed by atoms with Gasteiger partial charge in [0.05, 0.1) is 22.7 Å². The molecule has 2 amide bonds. The van der Waals surface area contributed by atoms with Crippen LogP contribution in [0, 0.1) is 0 Å². The fraction of sp³-hybridized carbons (Fsp3) is 0.188. The Morgan fingerprint density at radius 2 is 1.81 bits per heavy atom. The Labute approximate surface area is 156 Å². The van der Waals surface area contributed by atoms with Crippen LogP contribution in [0.25, 0.3) is 0 Å². The molecule has 0 aliphatic rings. The van der Waals surface area contributed by atoms with Gasteiger partial charge in [-0.05, 0) is 30.3 Å². The molecule has 0 fully saturated rings. The van der Waals surface area contributed by atoms with E-state index in [0.717, 1.165) is 5.01 Å². The quantitative estimate of drug-likeness (QED) is 0.790. The summed E-state index contributed by atoms with van der Waals surface area (Å²) in [4.78, 5) is 27.7. The van der Waals surface area contributed by atoms with Gasteiger partial charge in [-0.1, -0.05) is 23.2 Å². The highest BCUT2D eigenvalue weighted by molar-refractivity contribution is 6.31. The van der Waals surface area contributed by atoms with Crippen LogP contribution in [0.5, 0.6) is 0 Å². The number of halogens is 5. The predicted octanol–water partition coefficient (Wildman–Crippen LogP) is 3.75. The number of hydrazine groups is 1. The molecule has 1 heterocycles. The number of aromatic nitrogens is 1. The van der Waals surface area contributed by atoms with E-state index in [1.165, 1.54) is 31.3 Å². The van der Waals surface area contributed by atoms with E-state index in [2.05, 4.69) is 10.4 Å². The molecule has 0 aliphatic heterocycles.